The zero-order chi connectivity index (χ0) is 19.2. The predicted molar refractivity (Wildman–Crippen MR) is 105 cm³/mol. The molecule has 1 aliphatic carbocycles. The second kappa shape index (κ2) is 9.22. The second-order valence-electron chi connectivity index (χ2n) is 7.45. The third-order valence-corrected chi connectivity index (χ3v) is 5.42. The van der Waals surface area contributed by atoms with Crippen molar-refractivity contribution in [3.63, 3.8) is 0 Å². The van der Waals surface area contributed by atoms with E-state index in [1.165, 1.54) is 0 Å². The summed E-state index contributed by atoms with van der Waals surface area (Å²) in [5, 5.41) is 3.04. The summed E-state index contributed by atoms with van der Waals surface area (Å²) < 4.78 is 5.44. The molecule has 3 amide bonds. The van der Waals surface area contributed by atoms with Gasteiger partial charge in [-0.15, -0.1) is 0 Å². The highest BCUT2D eigenvalue weighted by Crippen LogP contribution is 2.29. The Bertz CT molecular complexity index is 633. The number of rotatable bonds is 8. The smallest absolute Gasteiger partial charge is 0.317 e. The molecule has 2 fully saturated rings. The number of carbonyl (C=O) groups is 2. The maximum atomic E-state index is 12.6. The van der Waals surface area contributed by atoms with Crippen molar-refractivity contribution in [2.75, 3.05) is 32.8 Å². The summed E-state index contributed by atoms with van der Waals surface area (Å²) in [4.78, 5) is 28.8. The maximum Gasteiger partial charge on any atom is 0.317 e. The summed E-state index contributed by atoms with van der Waals surface area (Å²) in [6, 6.07) is 7.92. The number of hydrogen-bond acceptors (Lipinski definition) is 3. The number of hydrogen-bond donors (Lipinski definition) is 1. The van der Waals surface area contributed by atoms with Gasteiger partial charge in [-0.25, -0.2) is 4.79 Å². The minimum Gasteiger partial charge on any atom is -0.381 e. The van der Waals surface area contributed by atoms with E-state index < -0.39 is 0 Å². The molecule has 2 aliphatic rings. The lowest BCUT2D eigenvalue weighted by Gasteiger charge is -2.25. The predicted octanol–water partition coefficient (Wildman–Crippen LogP) is 2.88. The van der Waals surface area contributed by atoms with E-state index in [4.69, 9.17) is 4.74 Å². The van der Waals surface area contributed by atoms with Crippen LogP contribution in [-0.2, 0) is 11.3 Å². The van der Waals surface area contributed by atoms with Gasteiger partial charge in [-0.3, -0.25) is 4.79 Å². The molecular weight excluding hydrogens is 342 g/mol. The van der Waals surface area contributed by atoms with E-state index in [1.807, 2.05) is 43.0 Å². The molecule has 0 radical (unpaired) electrons. The lowest BCUT2D eigenvalue weighted by Crippen LogP contribution is -2.43. The summed E-state index contributed by atoms with van der Waals surface area (Å²) in [7, 11) is 0. The van der Waals surface area contributed by atoms with E-state index in [9.17, 15) is 9.59 Å². The van der Waals surface area contributed by atoms with Gasteiger partial charge in [-0.05, 0) is 50.8 Å². The van der Waals surface area contributed by atoms with Crippen LogP contribution in [0.5, 0.6) is 0 Å². The van der Waals surface area contributed by atoms with Crippen LogP contribution in [0.3, 0.4) is 0 Å². The number of carbonyl (C=O) groups excluding carboxylic acids is 2. The molecule has 6 heteroatoms. The number of ether oxygens (including phenoxy) is 1. The number of benzene rings is 1. The largest absolute Gasteiger partial charge is 0.381 e. The normalized spacial score (nSPS) is 19.0. The monoisotopic (exact) mass is 373 g/mol. The molecule has 1 heterocycles. The van der Waals surface area contributed by atoms with E-state index in [-0.39, 0.29) is 11.9 Å². The van der Waals surface area contributed by atoms with Gasteiger partial charge in [-0.1, -0.05) is 12.1 Å². The van der Waals surface area contributed by atoms with Gasteiger partial charge in [0.2, 0.25) is 0 Å². The van der Waals surface area contributed by atoms with Crippen molar-refractivity contribution in [1.29, 1.82) is 0 Å². The Kier molecular flexibility index (Phi) is 6.72. The molecule has 148 valence electrons. The minimum atomic E-state index is 0.00712. The fourth-order valence-corrected chi connectivity index (χ4v) is 3.53. The van der Waals surface area contributed by atoms with Gasteiger partial charge in [0, 0.05) is 50.3 Å². The molecule has 0 bridgehead atoms. The Balaban J connectivity index is 1.52. The van der Waals surface area contributed by atoms with Gasteiger partial charge in [-0.2, -0.15) is 0 Å². The van der Waals surface area contributed by atoms with Crippen molar-refractivity contribution in [3.05, 3.63) is 35.4 Å². The lowest BCUT2D eigenvalue weighted by atomic mass is 10.1. The van der Waals surface area contributed by atoms with E-state index in [0.29, 0.717) is 37.2 Å². The summed E-state index contributed by atoms with van der Waals surface area (Å²) >= 11 is 0. The molecular formula is C21H31N3O3. The third-order valence-electron chi connectivity index (χ3n) is 5.42. The van der Waals surface area contributed by atoms with Crippen LogP contribution in [-0.4, -0.2) is 60.6 Å². The molecule has 3 rings (SSSR count). The minimum absolute atomic E-state index is 0.00712. The average Bonchev–Trinajstić information content (AvgIpc) is 3.40. The molecule has 1 saturated heterocycles. The number of nitrogens with zero attached hydrogens (tertiary/aromatic N) is 2. The first-order valence-corrected chi connectivity index (χ1v) is 10.1. The fraction of sp³-hybridized carbons (Fsp3) is 0.619. The molecule has 0 spiro atoms. The van der Waals surface area contributed by atoms with Gasteiger partial charge in [0.15, 0.2) is 0 Å². The van der Waals surface area contributed by atoms with E-state index >= 15 is 0 Å². The average molecular weight is 373 g/mol. The van der Waals surface area contributed by atoms with Crippen LogP contribution < -0.4 is 5.32 Å². The molecule has 27 heavy (non-hydrogen) atoms. The highest BCUT2D eigenvalue weighted by atomic mass is 16.5. The van der Waals surface area contributed by atoms with E-state index in [0.717, 1.165) is 44.6 Å². The van der Waals surface area contributed by atoms with Crippen LogP contribution >= 0.6 is 0 Å². The highest BCUT2D eigenvalue weighted by Gasteiger charge is 2.34. The number of amides is 3. The SMILES string of the molecule is CCN(CC)C(=O)c1ccc(CNC(=O)N(CC2CCOC2)C2CC2)cc1. The molecule has 1 aromatic carbocycles. The molecule has 1 atom stereocenters. The zero-order valence-electron chi connectivity index (χ0n) is 16.4. The first kappa shape index (κ1) is 19.7. The summed E-state index contributed by atoms with van der Waals surface area (Å²) in [6.45, 7) is 8.20. The van der Waals surface area contributed by atoms with Gasteiger partial charge in [0.1, 0.15) is 0 Å². The first-order chi connectivity index (χ1) is 13.1. The first-order valence-electron chi connectivity index (χ1n) is 10.1. The van der Waals surface area contributed by atoms with Crippen LogP contribution in [0.1, 0.15) is 49.0 Å². The van der Waals surface area contributed by atoms with Gasteiger partial charge in [0.05, 0.1) is 6.61 Å². The molecule has 6 nitrogen and oxygen atoms in total. The van der Waals surface area contributed by atoms with Crippen molar-refractivity contribution >= 4 is 11.9 Å². The Labute approximate surface area is 161 Å². The van der Waals surface area contributed by atoms with E-state index in [1.54, 1.807) is 4.90 Å². The Hall–Kier alpha value is -2.08. The molecule has 1 saturated carbocycles. The topological polar surface area (TPSA) is 61.9 Å². The zero-order valence-corrected chi connectivity index (χ0v) is 16.4. The maximum absolute atomic E-state index is 12.6. The Morgan fingerprint density at radius 2 is 1.81 bits per heavy atom. The summed E-state index contributed by atoms with van der Waals surface area (Å²) in [6.07, 6.45) is 3.24. The van der Waals surface area contributed by atoms with E-state index in [2.05, 4.69) is 5.32 Å². The molecule has 1 aliphatic heterocycles. The molecule has 1 unspecified atom stereocenters. The van der Waals surface area contributed by atoms with Crippen LogP contribution in [0.2, 0.25) is 0 Å². The lowest BCUT2D eigenvalue weighted by molar-refractivity contribution is 0.0773. The quantitative estimate of drug-likeness (QED) is 0.762. The van der Waals surface area contributed by atoms with Crippen molar-refractivity contribution in [1.82, 2.24) is 15.1 Å². The standard InChI is InChI=1S/C21H31N3O3/c1-3-23(4-2)20(25)18-7-5-16(6-8-18)13-22-21(26)24(19-9-10-19)14-17-11-12-27-15-17/h5-8,17,19H,3-4,9-15H2,1-2H3,(H,22,26). The number of nitrogens with one attached hydrogen (secondary N) is 1. The number of urea groups is 1. The Morgan fingerprint density at radius 1 is 1.11 bits per heavy atom. The summed E-state index contributed by atoms with van der Waals surface area (Å²) in [5.41, 5.74) is 1.69. The van der Waals surface area contributed by atoms with Crippen molar-refractivity contribution < 1.29 is 14.3 Å². The van der Waals surface area contributed by atoms with Gasteiger partial charge in [0.25, 0.3) is 5.91 Å². The van der Waals surface area contributed by atoms with Gasteiger partial charge >= 0.3 is 6.03 Å². The van der Waals surface area contributed by atoms with Crippen LogP contribution in [0.4, 0.5) is 4.79 Å². The van der Waals surface area contributed by atoms with Crippen LogP contribution in [0, 0.1) is 5.92 Å². The summed E-state index contributed by atoms with van der Waals surface area (Å²) in [5.74, 6) is 0.510. The molecule has 0 aromatic heterocycles. The fourth-order valence-electron chi connectivity index (χ4n) is 3.53. The van der Waals surface area contributed by atoms with Crippen molar-refractivity contribution in [2.24, 2.45) is 5.92 Å². The van der Waals surface area contributed by atoms with Crippen LogP contribution in [0.15, 0.2) is 24.3 Å². The molecule has 1 N–H and O–H groups in total. The second-order valence-corrected chi connectivity index (χ2v) is 7.45. The van der Waals surface area contributed by atoms with Crippen LogP contribution in [0.25, 0.3) is 0 Å². The van der Waals surface area contributed by atoms with Crippen molar-refractivity contribution in [3.8, 4) is 0 Å². The van der Waals surface area contributed by atoms with Gasteiger partial charge < -0.3 is 19.9 Å². The molecule has 1 aromatic rings. The van der Waals surface area contributed by atoms with Crippen molar-refractivity contribution in [2.45, 2.75) is 45.7 Å². The Morgan fingerprint density at radius 3 is 2.37 bits per heavy atom. The highest BCUT2D eigenvalue weighted by molar-refractivity contribution is 5.94. The third kappa shape index (κ3) is 5.22.